The molecule has 7 nitrogen and oxygen atoms in total. The van der Waals surface area contributed by atoms with Crippen molar-refractivity contribution in [1.29, 1.82) is 0 Å². The van der Waals surface area contributed by atoms with E-state index < -0.39 is 10.0 Å². The summed E-state index contributed by atoms with van der Waals surface area (Å²) < 4.78 is 25.2. The van der Waals surface area contributed by atoms with Crippen LogP contribution < -0.4 is 4.72 Å². The Kier molecular flexibility index (Phi) is 6.36. The van der Waals surface area contributed by atoms with Crippen LogP contribution in [-0.4, -0.2) is 62.5 Å². The summed E-state index contributed by atoms with van der Waals surface area (Å²) in [6.07, 6.45) is 1.01. The highest BCUT2D eigenvalue weighted by Crippen LogP contribution is 2.25. The second-order valence-electron chi connectivity index (χ2n) is 6.66. The Labute approximate surface area is 179 Å². The molecule has 2 aromatic carbocycles. The van der Waals surface area contributed by atoms with E-state index in [-0.39, 0.29) is 22.5 Å². The first-order chi connectivity index (χ1) is 13.6. The van der Waals surface area contributed by atoms with Crippen LogP contribution in [0.4, 0.5) is 5.69 Å². The van der Waals surface area contributed by atoms with Gasteiger partial charge in [-0.15, -0.1) is 0 Å². The van der Waals surface area contributed by atoms with E-state index in [0.29, 0.717) is 42.3 Å². The van der Waals surface area contributed by atoms with Gasteiger partial charge in [-0.05, 0) is 42.5 Å². The molecule has 29 heavy (non-hydrogen) atoms. The SMILES string of the molecule is CS(=O)(=O)Nc1cc(C(=O)N2CCN(C(=O)c3ccc(Cl)cc3)CC2)ccc1Cl. The average Bonchev–Trinajstić information content (AvgIpc) is 2.68. The maximum atomic E-state index is 12.8. The van der Waals surface area contributed by atoms with E-state index in [4.69, 9.17) is 23.2 Å². The summed E-state index contributed by atoms with van der Waals surface area (Å²) in [6.45, 7) is 1.54. The molecule has 0 aliphatic carbocycles. The van der Waals surface area contributed by atoms with E-state index in [0.717, 1.165) is 6.26 Å². The molecular formula is C19H19Cl2N3O4S. The molecule has 1 fully saturated rings. The molecule has 0 radical (unpaired) electrons. The number of piperazine rings is 1. The fourth-order valence-electron chi connectivity index (χ4n) is 3.01. The molecule has 2 aromatic rings. The number of hydrogen-bond donors (Lipinski definition) is 1. The van der Waals surface area contributed by atoms with Crippen LogP contribution in [0.25, 0.3) is 0 Å². The Bertz CT molecular complexity index is 1030. The van der Waals surface area contributed by atoms with Crippen LogP contribution in [0.2, 0.25) is 10.0 Å². The molecule has 0 unspecified atom stereocenters. The van der Waals surface area contributed by atoms with Crippen molar-refractivity contribution in [3.8, 4) is 0 Å². The number of rotatable bonds is 4. The zero-order valence-corrected chi connectivity index (χ0v) is 17.9. The molecule has 0 bridgehead atoms. The van der Waals surface area contributed by atoms with Crippen molar-refractivity contribution in [2.75, 3.05) is 37.2 Å². The molecule has 2 amide bonds. The van der Waals surface area contributed by atoms with Crippen LogP contribution in [0, 0.1) is 0 Å². The Morgan fingerprint density at radius 3 is 1.86 bits per heavy atom. The number of nitrogens with zero attached hydrogens (tertiary/aromatic N) is 2. The summed E-state index contributed by atoms with van der Waals surface area (Å²) in [5.41, 5.74) is 1.01. The molecule has 0 aromatic heterocycles. The Morgan fingerprint density at radius 2 is 1.34 bits per heavy atom. The van der Waals surface area contributed by atoms with Crippen LogP contribution in [0.5, 0.6) is 0 Å². The third-order valence-electron chi connectivity index (χ3n) is 4.45. The molecule has 1 saturated heterocycles. The maximum Gasteiger partial charge on any atom is 0.254 e. The van der Waals surface area contributed by atoms with Gasteiger partial charge >= 0.3 is 0 Å². The van der Waals surface area contributed by atoms with Crippen LogP contribution in [-0.2, 0) is 10.0 Å². The normalized spacial score (nSPS) is 14.6. The van der Waals surface area contributed by atoms with Crippen LogP contribution in [0.1, 0.15) is 20.7 Å². The van der Waals surface area contributed by atoms with Crippen molar-refractivity contribution in [1.82, 2.24) is 9.80 Å². The minimum Gasteiger partial charge on any atom is -0.335 e. The predicted molar refractivity (Wildman–Crippen MR) is 113 cm³/mol. The minimum absolute atomic E-state index is 0.111. The Morgan fingerprint density at radius 1 is 0.862 bits per heavy atom. The molecule has 0 atom stereocenters. The van der Waals surface area contributed by atoms with Crippen molar-refractivity contribution in [2.24, 2.45) is 0 Å². The fraction of sp³-hybridized carbons (Fsp3) is 0.263. The Hall–Kier alpha value is -2.29. The number of halogens is 2. The van der Waals surface area contributed by atoms with Gasteiger partial charge in [-0.1, -0.05) is 23.2 Å². The smallest absolute Gasteiger partial charge is 0.254 e. The summed E-state index contributed by atoms with van der Waals surface area (Å²) in [5.74, 6) is -0.364. The van der Waals surface area contributed by atoms with E-state index in [1.54, 1.807) is 40.1 Å². The second kappa shape index (κ2) is 8.61. The van der Waals surface area contributed by atoms with Gasteiger partial charge in [-0.2, -0.15) is 0 Å². The predicted octanol–water partition coefficient (Wildman–Crippen LogP) is 2.96. The lowest BCUT2D eigenvalue weighted by Crippen LogP contribution is -2.50. The van der Waals surface area contributed by atoms with Gasteiger partial charge in [0.2, 0.25) is 10.0 Å². The van der Waals surface area contributed by atoms with Gasteiger partial charge in [-0.25, -0.2) is 8.42 Å². The molecule has 1 aliphatic rings. The van der Waals surface area contributed by atoms with Crippen LogP contribution in [0.3, 0.4) is 0 Å². The number of amides is 2. The van der Waals surface area contributed by atoms with Crippen molar-refractivity contribution in [3.63, 3.8) is 0 Å². The largest absolute Gasteiger partial charge is 0.335 e. The van der Waals surface area contributed by atoms with Crippen molar-refractivity contribution >= 4 is 50.7 Å². The fourth-order valence-corrected chi connectivity index (χ4v) is 3.92. The molecule has 1 aliphatic heterocycles. The van der Waals surface area contributed by atoms with E-state index in [2.05, 4.69) is 4.72 Å². The first kappa shape index (κ1) is 21.4. The number of carbonyl (C=O) groups is 2. The van der Waals surface area contributed by atoms with Gasteiger partial charge in [0.1, 0.15) is 0 Å². The summed E-state index contributed by atoms with van der Waals surface area (Å²) in [5, 5.41) is 0.759. The Balaban J connectivity index is 1.66. The van der Waals surface area contributed by atoms with E-state index in [9.17, 15) is 18.0 Å². The lowest BCUT2D eigenvalue weighted by molar-refractivity contribution is 0.0535. The van der Waals surface area contributed by atoms with E-state index in [1.807, 2.05) is 0 Å². The van der Waals surface area contributed by atoms with Gasteiger partial charge in [0.25, 0.3) is 11.8 Å². The molecule has 1 heterocycles. The molecule has 3 rings (SSSR count). The van der Waals surface area contributed by atoms with Crippen molar-refractivity contribution in [3.05, 3.63) is 63.6 Å². The van der Waals surface area contributed by atoms with Crippen LogP contribution in [0.15, 0.2) is 42.5 Å². The first-order valence-corrected chi connectivity index (χ1v) is 11.4. The third kappa shape index (κ3) is 5.41. The van der Waals surface area contributed by atoms with Gasteiger partial charge in [0, 0.05) is 42.3 Å². The lowest BCUT2D eigenvalue weighted by atomic mass is 10.1. The first-order valence-electron chi connectivity index (χ1n) is 8.75. The van der Waals surface area contributed by atoms with Crippen molar-refractivity contribution < 1.29 is 18.0 Å². The summed E-state index contributed by atoms with van der Waals surface area (Å²) in [6, 6.07) is 11.1. The topological polar surface area (TPSA) is 86.8 Å². The van der Waals surface area contributed by atoms with Gasteiger partial charge in [-0.3, -0.25) is 14.3 Å². The summed E-state index contributed by atoms with van der Waals surface area (Å²) >= 11 is 11.9. The highest BCUT2D eigenvalue weighted by atomic mass is 35.5. The molecule has 10 heteroatoms. The molecule has 1 N–H and O–H groups in total. The maximum absolute atomic E-state index is 12.8. The number of nitrogens with one attached hydrogen (secondary N) is 1. The number of sulfonamides is 1. The molecule has 0 saturated carbocycles. The molecule has 0 spiro atoms. The number of anilines is 1. The lowest BCUT2D eigenvalue weighted by Gasteiger charge is -2.35. The van der Waals surface area contributed by atoms with Gasteiger partial charge in [0.05, 0.1) is 17.0 Å². The zero-order chi connectivity index (χ0) is 21.2. The highest BCUT2D eigenvalue weighted by molar-refractivity contribution is 7.92. The quantitative estimate of drug-likeness (QED) is 0.767. The molecular weight excluding hydrogens is 437 g/mol. The number of benzene rings is 2. The van der Waals surface area contributed by atoms with E-state index in [1.165, 1.54) is 12.1 Å². The van der Waals surface area contributed by atoms with Gasteiger partial charge in [0.15, 0.2) is 0 Å². The number of carbonyl (C=O) groups excluding carboxylic acids is 2. The standard InChI is InChI=1S/C19H19Cl2N3O4S/c1-29(27,28)22-17-12-14(4-7-16(17)21)19(26)24-10-8-23(9-11-24)18(25)13-2-5-15(20)6-3-13/h2-7,12,22H,8-11H2,1H3. The summed E-state index contributed by atoms with van der Waals surface area (Å²) in [7, 11) is -3.52. The monoisotopic (exact) mass is 455 g/mol. The average molecular weight is 456 g/mol. The summed E-state index contributed by atoms with van der Waals surface area (Å²) in [4.78, 5) is 28.7. The highest BCUT2D eigenvalue weighted by Gasteiger charge is 2.26. The second-order valence-corrected chi connectivity index (χ2v) is 9.25. The molecule has 154 valence electrons. The third-order valence-corrected chi connectivity index (χ3v) is 5.63. The van der Waals surface area contributed by atoms with Gasteiger partial charge < -0.3 is 9.80 Å². The zero-order valence-electron chi connectivity index (χ0n) is 15.6. The van der Waals surface area contributed by atoms with Crippen molar-refractivity contribution in [2.45, 2.75) is 0 Å². The minimum atomic E-state index is -3.52. The number of hydrogen-bond acceptors (Lipinski definition) is 4. The van der Waals surface area contributed by atoms with E-state index >= 15 is 0 Å². The van der Waals surface area contributed by atoms with Crippen LogP contribution >= 0.6 is 23.2 Å².